The van der Waals surface area contributed by atoms with Crippen LogP contribution >= 0.6 is 0 Å². The second kappa shape index (κ2) is 3.11. The molecule has 0 atom stereocenters. The van der Waals surface area contributed by atoms with E-state index in [1.165, 1.54) is 23.7 Å². The van der Waals surface area contributed by atoms with E-state index >= 15 is 0 Å². The van der Waals surface area contributed by atoms with Gasteiger partial charge in [0, 0.05) is 5.56 Å². The van der Waals surface area contributed by atoms with Crippen LogP contribution in [0.1, 0.15) is 16.8 Å². The molecule has 13 heavy (non-hydrogen) atoms. The smallest absolute Gasteiger partial charge is 0.150 e. The number of hydrogen-bond acceptors (Lipinski definition) is 1. The van der Waals surface area contributed by atoms with Crippen molar-refractivity contribution in [3.8, 4) is 0 Å². The molecule has 1 heterocycles. The first-order valence-electron chi connectivity index (χ1n) is 4.80. The minimum absolute atomic E-state index is 0.792. The van der Waals surface area contributed by atoms with Gasteiger partial charge in [0.2, 0.25) is 0 Å². The molecule has 0 bridgehead atoms. The lowest BCUT2D eigenvalue weighted by atomic mass is 10.2. The highest BCUT2D eigenvalue weighted by molar-refractivity contribution is 6.92. The molecule has 1 aromatic carbocycles. The summed E-state index contributed by atoms with van der Waals surface area (Å²) < 4.78 is 0. The summed E-state index contributed by atoms with van der Waals surface area (Å²) in [4.78, 5) is 10.5. The van der Waals surface area contributed by atoms with Gasteiger partial charge in [-0.05, 0) is 0 Å². The fourth-order valence-corrected chi connectivity index (χ4v) is 4.92. The molecule has 0 spiro atoms. The first-order valence-corrected chi connectivity index (χ1v) is 7.72. The highest BCUT2D eigenvalue weighted by Crippen LogP contribution is 2.31. The van der Waals surface area contributed by atoms with Crippen molar-refractivity contribution in [2.75, 3.05) is 0 Å². The first kappa shape index (κ1) is 8.69. The van der Waals surface area contributed by atoms with E-state index in [9.17, 15) is 4.79 Å². The second-order valence-corrected chi connectivity index (χ2v) is 8.85. The highest BCUT2D eigenvalue weighted by atomic mass is 28.3. The van der Waals surface area contributed by atoms with Crippen molar-refractivity contribution in [2.24, 2.45) is 0 Å². The minimum Gasteiger partial charge on any atom is -0.298 e. The Morgan fingerprint density at radius 3 is 2.23 bits per heavy atom. The maximum absolute atomic E-state index is 10.5. The topological polar surface area (TPSA) is 17.1 Å². The molecule has 1 nitrogen and oxygen atoms in total. The number of rotatable bonds is 2. The predicted molar refractivity (Wildman–Crippen MR) is 57.3 cm³/mol. The molecular formula is C11H14OSi. The van der Waals surface area contributed by atoms with Crippen LogP contribution in [0.5, 0.6) is 0 Å². The van der Waals surface area contributed by atoms with E-state index in [1.54, 1.807) is 0 Å². The normalized spacial score (nSPS) is 19.2. The van der Waals surface area contributed by atoms with Crippen LogP contribution in [-0.4, -0.2) is 14.4 Å². The fourth-order valence-electron chi connectivity index (χ4n) is 1.96. The average Bonchev–Trinajstić information content (AvgIpc) is 2.14. The van der Waals surface area contributed by atoms with Gasteiger partial charge in [0.15, 0.2) is 0 Å². The van der Waals surface area contributed by atoms with Gasteiger partial charge in [0.1, 0.15) is 6.29 Å². The van der Waals surface area contributed by atoms with Gasteiger partial charge in [-0.3, -0.25) is 4.79 Å². The summed E-state index contributed by atoms with van der Waals surface area (Å²) in [7, 11) is -1.02. The summed E-state index contributed by atoms with van der Waals surface area (Å²) in [6, 6.07) is 11.0. The maximum Gasteiger partial charge on any atom is 0.150 e. The molecule has 1 aromatic rings. The van der Waals surface area contributed by atoms with E-state index in [-0.39, 0.29) is 0 Å². The lowest BCUT2D eigenvalue weighted by molar-refractivity contribution is 0.112. The Morgan fingerprint density at radius 2 is 1.85 bits per heavy atom. The predicted octanol–water partition coefficient (Wildman–Crippen LogP) is 2.19. The zero-order valence-corrected chi connectivity index (χ0v) is 8.92. The second-order valence-electron chi connectivity index (χ2n) is 4.15. The highest BCUT2D eigenvalue weighted by Gasteiger charge is 2.35. The molecule has 2 heteroatoms. The Hall–Kier alpha value is -0.893. The maximum atomic E-state index is 10.5. The molecule has 0 N–H and O–H groups in total. The van der Waals surface area contributed by atoms with E-state index < -0.39 is 8.07 Å². The minimum atomic E-state index is -1.02. The average molecular weight is 190 g/mol. The molecule has 1 fully saturated rings. The van der Waals surface area contributed by atoms with Crippen molar-refractivity contribution in [1.82, 2.24) is 0 Å². The number of hydrogen-bond donors (Lipinski definition) is 0. The van der Waals surface area contributed by atoms with Crippen molar-refractivity contribution in [2.45, 2.75) is 25.1 Å². The van der Waals surface area contributed by atoms with Crippen molar-refractivity contribution in [1.29, 1.82) is 0 Å². The van der Waals surface area contributed by atoms with Gasteiger partial charge in [-0.15, -0.1) is 0 Å². The molecule has 1 aliphatic rings. The molecular weight excluding hydrogens is 176 g/mol. The van der Waals surface area contributed by atoms with Gasteiger partial charge in [0.25, 0.3) is 0 Å². The molecule has 1 saturated heterocycles. The van der Waals surface area contributed by atoms with Gasteiger partial charge in [-0.2, -0.15) is 0 Å². The Bertz CT molecular complexity index is 311. The summed E-state index contributed by atoms with van der Waals surface area (Å²) in [6.45, 7) is 2.44. The molecule has 0 amide bonds. The monoisotopic (exact) mass is 190 g/mol. The summed E-state index contributed by atoms with van der Waals surface area (Å²) in [5.74, 6) is 0. The van der Waals surface area contributed by atoms with E-state index in [1.807, 2.05) is 12.1 Å². The van der Waals surface area contributed by atoms with Crippen LogP contribution in [0, 0.1) is 0 Å². The molecule has 2 rings (SSSR count). The number of carbonyl (C=O) groups is 1. The summed E-state index contributed by atoms with van der Waals surface area (Å²) in [6.07, 6.45) is 2.31. The molecule has 0 saturated carbocycles. The van der Waals surface area contributed by atoms with Crippen LogP contribution in [0.15, 0.2) is 24.3 Å². The standard InChI is InChI=1S/C11H14OSi/c1-13(7-2-8-13)11-5-3-10(9-12)4-6-11/h3-6,9H,2,7-8H2,1H3. The molecule has 0 aliphatic carbocycles. The van der Waals surface area contributed by atoms with Gasteiger partial charge in [-0.1, -0.05) is 54.5 Å². The summed E-state index contributed by atoms with van der Waals surface area (Å²) in [5.41, 5.74) is 0.792. The Morgan fingerprint density at radius 1 is 1.23 bits per heavy atom. The third-order valence-corrected chi connectivity index (χ3v) is 7.84. The molecule has 0 radical (unpaired) electrons. The Labute approximate surface area is 79.8 Å². The van der Waals surface area contributed by atoms with Crippen LogP contribution in [0.25, 0.3) is 0 Å². The lowest BCUT2D eigenvalue weighted by Gasteiger charge is -2.36. The van der Waals surface area contributed by atoms with Crippen molar-refractivity contribution in [3.05, 3.63) is 29.8 Å². The first-order chi connectivity index (χ1) is 6.24. The van der Waals surface area contributed by atoms with Crippen LogP contribution < -0.4 is 5.19 Å². The van der Waals surface area contributed by atoms with Gasteiger partial charge in [-0.25, -0.2) is 0 Å². The summed E-state index contributed by atoms with van der Waals surface area (Å²) in [5, 5.41) is 1.52. The van der Waals surface area contributed by atoms with E-state index in [4.69, 9.17) is 0 Å². The van der Waals surface area contributed by atoms with Crippen molar-refractivity contribution in [3.63, 3.8) is 0 Å². The zero-order valence-electron chi connectivity index (χ0n) is 7.92. The molecule has 68 valence electrons. The quantitative estimate of drug-likeness (QED) is 0.516. The van der Waals surface area contributed by atoms with Crippen LogP contribution in [0.3, 0.4) is 0 Å². The van der Waals surface area contributed by atoms with E-state index in [0.29, 0.717) is 0 Å². The zero-order chi connectivity index (χ0) is 9.31. The number of carbonyl (C=O) groups excluding carboxylic acids is 1. The third kappa shape index (κ3) is 1.46. The Balaban J connectivity index is 2.27. The SMILES string of the molecule is C[Si]1(c2ccc(C=O)cc2)CCC1. The van der Waals surface area contributed by atoms with Gasteiger partial charge in [0.05, 0.1) is 8.07 Å². The van der Waals surface area contributed by atoms with E-state index in [2.05, 4.69) is 18.7 Å². The van der Waals surface area contributed by atoms with Crippen molar-refractivity contribution < 1.29 is 4.79 Å². The van der Waals surface area contributed by atoms with Gasteiger partial charge < -0.3 is 0 Å². The lowest BCUT2D eigenvalue weighted by Crippen LogP contribution is -2.50. The third-order valence-electron chi connectivity index (χ3n) is 3.20. The van der Waals surface area contributed by atoms with Crippen LogP contribution in [0.4, 0.5) is 0 Å². The van der Waals surface area contributed by atoms with Crippen molar-refractivity contribution >= 4 is 19.5 Å². The molecule has 0 unspecified atom stereocenters. The van der Waals surface area contributed by atoms with Crippen LogP contribution in [-0.2, 0) is 0 Å². The Kier molecular flexibility index (Phi) is 2.08. The number of benzene rings is 1. The fraction of sp³-hybridized carbons (Fsp3) is 0.364. The largest absolute Gasteiger partial charge is 0.298 e. The summed E-state index contributed by atoms with van der Waals surface area (Å²) >= 11 is 0. The number of aldehydes is 1. The molecule has 0 aromatic heterocycles. The molecule has 1 aliphatic heterocycles. The van der Waals surface area contributed by atoms with Crippen LogP contribution in [0.2, 0.25) is 18.6 Å². The van der Waals surface area contributed by atoms with E-state index in [0.717, 1.165) is 11.8 Å². The van der Waals surface area contributed by atoms with Gasteiger partial charge >= 0.3 is 0 Å².